The van der Waals surface area contributed by atoms with Crippen LogP contribution in [0.2, 0.25) is 0 Å². The molecule has 0 aliphatic rings. The van der Waals surface area contributed by atoms with E-state index in [-0.39, 0.29) is 0 Å². The van der Waals surface area contributed by atoms with Crippen molar-refractivity contribution in [2.75, 3.05) is 0 Å². The minimum atomic E-state index is -0.622. The number of benzene rings is 1. The van der Waals surface area contributed by atoms with E-state index in [9.17, 15) is 5.11 Å². The van der Waals surface area contributed by atoms with Crippen LogP contribution in [0.1, 0.15) is 5.56 Å². The number of rotatable bonds is 1. The average molecular weight is 176 g/mol. The van der Waals surface area contributed by atoms with Crippen LogP contribution in [-0.2, 0) is 0 Å². The predicted molar refractivity (Wildman–Crippen MR) is 48.7 cm³/mol. The average Bonchev–Trinajstić information content (AvgIpc) is 2.49. The van der Waals surface area contributed by atoms with Crippen LogP contribution in [0.4, 0.5) is 0 Å². The zero-order valence-electron chi connectivity index (χ0n) is 6.20. The molecule has 0 radical (unpaired) electrons. The summed E-state index contributed by atoms with van der Waals surface area (Å²) in [5.41, 5.74) is 0.459. The van der Waals surface area contributed by atoms with Crippen LogP contribution >= 0.6 is 11.3 Å². The van der Waals surface area contributed by atoms with E-state index in [4.69, 9.17) is 5.41 Å². The minimum absolute atomic E-state index is 0.459. The number of hydrogen-bond acceptors (Lipinski definition) is 3. The summed E-state index contributed by atoms with van der Waals surface area (Å²) in [6.07, 6.45) is 0. The van der Waals surface area contributed by atoms with Crippen molar-refractivity contribution in [3.63, 3.8) is 0 Å². The first kappa shape index (κ1) is 7.31. The molecule has 1 aromatic carbocycles. The Morgan fingerprint density at radius 1 is 1.33 bits per heavy atom. The summed E-state index contributed by atoms with van der Waals surface area (Å²) in [5, 5.41) is 20.6. The van der Waals surface area contributed by atoms with Gasteiger partial charge in [-0.2, -0.15) is 0 Å². The number of thiophene rings is 1. The van der Waals surface area contributed by atoms with Crippen molar-refractivity contribution in [1.82, 2.24) is 0 Å². The molecule has 0 saturated heterocycles. The Balaban J connectivity index is 2.68. The van der Waals surface area contributed by atoms with Crippen molar-refractivity contribution in [3.8, 4) is 0 Å². The Hall–Kier alpha value is -1.35. The second-order valence-corrected chi connectivity index (χ2v) is 3.45. The SMILES string of the molecule is N=C([O-])c1ccc2sccc2c1. The highest BCUT2D eigenvalue weighted by atomic mass is 32.1. The molecule has 60 valence electrons. The quantitative estimate of drug-likeness (QED) is 0.520. The molecule has 2 aromatic rings. The smallest absolute Gasteiger partial charge is 0.0343 e. The van der Waals surface area contributed by atoms with Crippen molar-refractivity contribution in [1.29, 1.82) is 5.41 Å². The Morgan fingerprint density at radius 3 is 2.92 bits per heavy atom. The maximum atomic E-state index is 10.7. The van der Waals surface area contributed by atoms with Gasteiger partial charge in [-0.05, 0) is 40.4 Å². The van der Waals surface area contributed by atoms with E-state index in [1.165, 1.54) is 0 Å². The van der Waals surface area contributed by atoms with Crippen LogP contribution in [0.25, 0.3) is 10.1 Å². The summed E-state index contributed by atoms with van der Waals surface area (Å²) in [6, 6.07) is 7.27. The van der Waals surface area contributed by atoms with E-state index in [0.29, 0.717) is 5.56 Å². The molecule has 3 heteroatoms. The highest BCUT2D eigenvalue weighted by Gasteiger charge is 1.95. The van der Waals surface area contributed by atoms with Crippen molar-refractivity contribution in [2.45, 2.75) is 0 Å². The lowest BCUT2D eigenvalue weighted by Crippen LogP contribution is -2.16. The molecular formula is C9H6NOS-. The monoisotopic (exact) mass is 176 g/mol. The molecule has 1 aromatic heterocycles. The molecule has 0 atom stereocenters. The van der Waals surface area contributed by atoms with Gasteiger partial charge in [-0.15, -0.1) is 11.3 Å². The molecular weight excluding hydrogens is 170 g/mol. The molecule has 0 amide bonds. The maximum absolute atomic E-state index is 10.7. The molecule has 0 spiro atoms. The van der Waals surface area contributed by atoms with Crippen LogP contribution in [-0.4, -0.2) is 5.90 Å². The molecule has 2 nitrogen and oxygen atoms in total. The molecule has 0 saturated carbocycles. The summed E-state index contributed by atoms with van der Waals surface area (Å²) in [5.74, 6) is -0.622. The molecule has 12 heavy (non-hydrogen) atoms. The fraction of sp³-hybridized carbons (Fsp3) is 0. The van der Waals surface area contributed by atoms with Crippen molar-refractivity contribution < 1.29 is 5.11 Å². The highest BCUT2D eigenvalue weighted by Crippen LogP contribution is 2.21. The standard InChI is InChI=1S/C9H7NOS/c10-9(11)7-1-2-8-6(5-7)3-4-12-8/h1-5H,(H2,10,11)/p-1. The first-order valence-electron chi connectivity index (χ1n) is 3.50. The summed E-state index contributed by atoms with van der Waals surface area (Å²) in [7, 11) is 0. The zero-order chi connectivity index (χ0) is 8.55. The van der Waals surface area contributed by atoms with Crippen LogP contribution < -0.4 is 5.11 Å². The van der Waals surface area contributed by atoms with Crippen LogP contribution in [0.5, 0.6) is 0 Å². The Morgan fingerprint density at radius 2 is 2.17 bits per heavy atom. The molecule has 1 heterocycles. The van der Waals surface area contributed by atoms with E-state index in [2.05, 4.69) is 0 Å². The van der Waals surface area contributed by atoms with E-state index in [1.54, 1.807) is 23.5 Å². The van der Waals surface area contributed by atoms with Gasteiger partial charge in [-0.3, -0.25) is 0 Å². The largest absolute Gasteiger partial charge is 0.859 e. The fourth-order valence-electron chi connectivity index (χ4n) is 1.11. The summed E-state index contributed by atoms with van der Waals surface area (Å²) < 4.78 is 1.15. The molecule has 0 fully saturated rings. The lowest BCUT2D eigenvalue weighted by atomic mass is 10.2. The van der Waals surface area contributed by atoms with Crippen LogP contribution in [0.15, 0.2) is 29.6 Å². The van der Waals surface area contributed by atoms with E-state index >= 15 is 0 Å². The maximum Gasteiger partial charge on any atom is 0.0343 e. The van der Waals surface area contributed by atoms with Gasteiger partial charge in [-0.25, -0.2) is 0 Å². The van der Waals surface area contributed by atoms with Crippen LogP contribution in [0, 0.1) is 5.41 Å². The number of nitrogens with one attached hydrogen (secondary N) is 1. The zero-order valence-corrected chi connectivity index (χ0v) is 7.02. The van der Waals surface area contributed by atoms with Gasteiger partial charge < -0.3 is 10.5 Å². The first-order valence-corrected chi connectivity index (χ1v) is 4.38. The van der Waals surface area contributed by atoms with E-state index in [0.717, 1.165) is 10.1 Å². The summed E-state index contributed by atoms with van der Waals surface area (Å²) in [4.78, 5) is 0. The Labute approximate surface area is 73.6 Å². The molecule has 0 aliphatic carbocycles. The van der Waals surface area contributed by atoms with Gasteiger partial charge >= 0.3 is 0 Å². The summed E-state index contributed by atoms with van der Waals surface area (Å²) in [6.45, 7) is 0. The number of fused-ring (bicyclic) bond motifs is 1. The van der Waals surface area contributed by atoms with Gasteiger partial charge in [0.05, 0.1) is 0 Å². The van der Waals surface area contributed by atoms with Crippen molar-refractivity contribution in [2.24, 2.45) is 0 Å². The van der Waals surface area contributed by atoms with Crippen LogP contribution in [0.3, 0.4) is 0 Å². The molecule has 1 N–H and O–H groups in total. The number of hydrogen-bond donors (Lipinski definition) is 1. The second kappa shape index (κ2) is 2.60. The predicted octanol–water partition coefficient (Wildman–Crippen LogP) is 1.59. The van der Waals surface area contributed by atoms with Crippen molar-refractivity contribution in [3.05, 3.63) is 35.2 Å². The van der Waals surface area contributed by atoms with Gasteiger partial charge in [0.1, 0.15) is 0 Å². The molecule has 2 rings (SSSR count). The Bertz CT molecular complexity index is 433. The third-order valence-electron chi connectivity index (χ3n) is 1.71. The van der Waals surface area contributed by atoms with E-state index in [1.807, 2.05) is 17.5 Å². The Kier molecular flexibility index (Phi) is 1.59. The molecule has 0 aliphatic heterocycles. The summed E-state index contributed by atoms with van der Waals surface area (Å²) >= 11 is 1.64. The molecule has 0 bridgehead atoms. The van der Waals surface area contributed by atoms with Gasteiger partial charge in [0.25, 0.3) is 0 Å². The first-order chi connectivity index (χ1) is 5.77. The third kappa shape index (κ3) is 1.08. The normalized spacial score (nSPS) is 10.3. The van der Waals surface area contributed by atoms with Gasteiger partial charge in [0, 0.05) is 4.70 Å². The van der Waals surface area contributed by atoms with Crippen molar-refractivity contribution >= 4 is 27.3 Å². The van der Waals surface area contributed by atoms with Gasteiger partial charge in [0.2, 0.25) is 0 Å². The lowest BCUT2D eigenvalue weighted by Gasteiger charge is -2.06. The fourth-order valence-corrected chi connectivity index (χ4v) is 1.88. The topological polar surface area (TPSA) is 46.9 Å². The highest BCUT2D eigenvalue weighted by molar-refractivity contribution is 7.17. The third-order valence-corrected chi connectivity index (χ3v) is 2.61. The lowest BCUT2D eigenvalue weighted by molar-refractivity contribution is -0.214. The minimum Gasteiger partial charge on any atom is -0.859 e. The second-order valence-electron chi connectivity index (χ2n) is 2.50. The molecule has 0 unspecified atom stereocenters. The van der Waals surface area contributed by atoms with Gasteiger partial charge in [0.15, 0.2) is 0 Å². The van der Waals surface area contributed by atoms with E-state index < -0.39 is 5.90 Å². The van der Waals surface area contributed by atoms with Gasteiger partial charge in [-0.1, -0.05) is 6.07 Å².